The van der Waals surface area contributed by atoms with Crippen LogP contribution in [0.25, 0.3) is 0 Å². The highest BCUT2D eigenvalue weighted by Gasteiger charge is 2.30. The summed E-state index contributed by atoms with van der Waals surface area (Å²) in [6.45, 7) is 4.62. The summed E-state index contributed by atoms with van der Waals surface area (Å²) in [6, 6.07) is 8.92. The van der Waals surface area contributed by atoms with Crippen LogP contribution in [0.5, 0.6) is 0 Å². The molecule has 0 aliphatic carbocycles. The van der Waals surface area contributed by atoms with E-state index in [4.69, 9.17) is 9.15 Å². The normalized spacial score (nSPS) is 12.2. The van der Waals surface area contributed by atoms with Crippen molar-refractivity contribution in [2.24, 2.45) is 4.99 Å². The van der Waals surface area contributed by atoms with Gasteiger partial charge in [0, 0.05) is 32.7 Å². The maximum absolute atomic E-state index is 12.9. The molecule has 0 spiro atoms. The van der Waals surface area contributed by atoms with E-state index in [1.165, 1.54) is 6.07 Å². The van der Waals surface area contributed by atoms with Crippen molar-refractivity contribution in [2.75, 3.05) is 26.3 Å². The van der Waals surface area contributed by atoms with E-state index in [-0.39, 0.29) is 6.54 Å². The van der Waals surface area contributed by atoms with Crippen LogP contribution in [0, 0.1) is 0 Å². The van der Waals surface area contributed by atoms with Crippen molar-refractivity contribution in [1.29, 1.82) is 0 Å². The van der Waals surface area contributed by atoms with Gasteiger partial charge in [0.05, 0.1) is 18.4 Å². The predicted octanol–water partition coefficient (Wildman–Crippen LogP) is 4.00. The highest BCUT2D eigenvalue weighted by Crippen LogP contribution is 2.29. The van der Waals surface area contributed by atoms with Gasteiger partial charge in [0.2, 0.25) is 0 Å². The summed E-state index contributed by atoms with van der Waals surface area (Å²) < 4.78 is 49.2. The molecule has 154 valence electrons. The Morgan fingerprint density at radius 3 is 2.68 bits per heavy atom. The van der Waals surface area contributed by atoms with Crippen LogP contribution in [-0.2, 0) is 23.9 Å². The number of hydrogen-bond donors (Lipinski definition) is 2. The fourth-order valence-corrected chi connectivity index (χ4v) is 2.47. The third-order valence-corrected chi connectivity index (χ3v) is 3.88. The number of nitrogens with zero attached hydrogens (tertiary/aromatic N) is 1. The zero-order valence-corrected chi connectivity index (χ0v) is 15.9. The number of furan rings is 1. The molecule has 8 heteroatoms. The monoisotopic (exact) mass is 397 g/mol. The third-order valence-electron chi connectivity index (χ3n) is 3.88. The van der Waals surface area contributed by atoms with Gasteiger partial charge in [-0.2, -0.15) is 13.2 Å². The molecule has 0 radical (unpaired) electrons. The zero-order chi connectivity index (χ0) is 20.2. The summed E-state index contributed by atoms with van der Waals surface area (Å²) in [4.78, 5) is 4.41. The largest absolute Gasteiger partial charge is 0.469 e. The molecule has 0 atom stereocenters. The van der Waals surface area contributed by atoms with Crippen LogP contribution < -0.4 is 10.6 Å². The lowest BCUT2D eigenvalue weighted by Crippen LogP contribution is -2.39. The molecule has 28 heavy (non-hydrogen) atoms. The molecule has 5 nitrogen and oxygen atoms in total. The Morgan fingerprint density at radius 2 is 1.96 bits per heavy atom. The average molecular weight is 397 g/mol. The minimum Gasteiger partial charge on any atom is -0.469 e. The number of aliphatic imine (C=N–C) groups is 1. The first kappa shape index (κ1) is 21.8. The highest BCUT2D eigenvalue weighted by atomic mass is 19.4. The summed E-state index contributed by atoms with van der Waals surface area (Å²) >= 11 is 0. The first-order valence-corrected chi connectivity index (χ1v) is 9.27. The molecule has 2 rings (SSSR count). The topological polar surface area (TPSA) is 58.8 Å². The summed E-state index contributed by atoms with van der Waals surface area (Å²) in [6.07, 6.45) is -1.27. The molecule has 0 aliphatic heterocycles. The van der Waals surface area contributed by atoms with Crippen LogP contribution in [0.1, 0.15) is 30.2 Å². The van der Waals surface area contributed by atoms with Crippen molar-refractivity contribution < 1.29 is 22.3 Å². The molecular weight excluding hydrogens is 371 g/mol. The van der Waals surface area contributed by atoms with Gasteiger partial charge in [-0.15, -0.1) is 0 Å². The van der Waals surface area contributed by atoms with Gasteiger partial charge in [-0.3, -0.25) is 0 Å². The quantitative estimate of drug-likeness (QED) is 0.361. The zero-order valence-electron chi connectivity index (χ0n) is 15.9. The Kier molecular flexibility index (Phi) is 8.87. The van der Waals surface area contributed by atoms with Gasteiger partial charge in [0.25, 0.3) is 0 Å². The number of rotatable bonds is 10. The maximum atomic E-state index is 12.9. The van der Waals surface area contributed by atoms with Crippen LogP contribution in [0.15, 0.2) is 52.1 Å². The van der Waals surface area contributed by atoms with Crippen molar-refractivity contribution in [3.05, 3.63) is 59.5 Å². The Labute approximate surface area is 163 Å². The molecule has 0 unspecified atom stereocenters. The number of nitrogens with one attached hydrogen (secondary N) is 2. The van der Waals surface area contributed by atoms with Crippen LogP contribution in [0.3, 0.4) is 0 Å². The minimum absolute atomic E-state index is 0.144. The highest BCUT2D eigenvalue weighted by molar-refractivity contribution is 5.79. The fraction of sp³-hybridized carbons (Fsp3) is 0.450. The number of ether oxygens (including phenoxy) is 1. The first-order chi connectivity index (χ1) is 13.5. The molecule has 2 aromatic rings. The molecule has 0 bridgehead atoms. The van der Waals surface area contributed by atoms with Crippen molar-refractivity contribution in [3.63, 3.8) is 0 Å². The second-order valence-corrected chi connectivity index (χ2v) is 6.10. The molecule has 0 saturated carbocycles. The third kappa shape index (κ3) is 8.04. The van der Waals surface area contributed by atoms with Gasteiger partial charge >= 0.3 is 6.18 Å². The van der Waals surface area contributed by atoms with Gasteiger partial charge in [-0.1, -0.05) is 12.1 Å². The summed E-state index contributed by atoms with van der Waals surface area (Å²) in [5, 5.41) is 6.36. The van der Waals surface area contributed by atoms with E-state index in [1.807, 2.05) is 19.1 Å². The number of benzene rings is 1. The van der Waals surface area contributed by atoms with Crippen LogP contribution in [0.4, 0.5) is 13.2 Å². The molecule has 0 aliphatic rings. The lowest BCUT2D eigenvalue weighted by molar-refractivity contribution is -0.137. The molecular formula is C20H26F3N3O2. The summed E-state index contributed by atoms with van der Waals surface area (Å²) in [7, 11) is 0. The van der Waals surface area contributed by atoms with E-state index in [9.17, 15) is 13.2 Å². The van der Waals surface area contributed by atoms with Gasteiger partial charge in [0.1, 0.15) is 5.76 Å². The van der Waals surface area contributed by atoms with E-state index >= 15 is 0 Å². The second kappa shape index (κ2) is 11.4. The Bertz CT molecular complexity index is 716. The van der Waals surface area contributed by atoms with E-state index in [0.717, 1.165) is 24.3 Å². The van der Waals surface area contributed by atoms with E-state index in [1.54, 1.807) is 12.3 Å². The lowest BCUT2D eigenvalue weighted by Gasteiger charge is -2.13. The Hall–Kier alpha value is -2.48. The second-order valence-electron chi connectivity index (χ2n) is 6.10. The van der Waals surface area contributed by atoms with Crippen molar-refractivity contribution >= 4 is 5.96 Å². The van der Waals surface area contributed by atoms with Crippen molar-refractivity contribution in [1.82, 2.24) is 10.6 Å². The van der Waals surface area contributed by atoms with Crippen LogP contribution in [0.2, 0.25) is 0 Å². The van der Waals surface area contributed by atoms with Crippen molar-refractivity contribution in [2.45, 2.75) is 32.5 Å². The van der Waals surface area contributed by atoms with Crippen LogP contribution in [-0.4, -0.2) is 32.3 Å². The molecule has 1 heterocycles. The molecule has 1 aromatic heterocycles. The number of alkyl halides is 3. The molecule has 0 saturated heterocycles. The predicted molar refractivity (Wildman–Crippen MR) is 102 cm³/mol. The first-order valence-electron chi connectivity index (χ1n) is 9.27. The molecule has 0 fully saturated rings. The van der Waals surface area contributed by atoms with Crippen LogP contribution >= 0.6 is 0 Å². The van der Waals surface area contributed by atoms with Crippen molar-refractivity contribution in [3.8, 4) is 0 Å². The number of halogens is 3. The summed E-state index contributed by atoms with van der Waals surface area (Å²) in [5.74, 6) is 1.39. The standard InChI is InChI=1S/C20H26F3N3O2/c1-2-27-12-5-10-24-19(25-11-9-18-8-4-13-28-18)26-15-16-6-3-7-17(14-16)20(21,22)23/h3-4,6-8,13-14H,2,5,9-12,15H2,1H3,(H2,24,25,26). The molecule has 2 N–H and O–H groups in total. The number of guanidine groups is 1. The fourth-order valence-electron chi connectivity index (χ4n) is 2.47. The van der Waals surface area contributed by atoms with Gasteiger partial charge in [0.15, 0.2) is 5.96 Å². The van der Waals surface area contributed by atoms with E-state index in [0.29, 0.717) is 44.2 Å². The average Bonchev–Trinajstić information content (AvgIpc) is 3.18. The van der Waals surface area contributed by atoms with Gasteiger partial charge < -0.3 is 19.8 Å². The minimum atomic E-state index is -4.36. The SMILES string of the molecule is CCOCCCNC(=NCc1cccc(C(F)(F)F)c1)NCCc1ccco1. The Morgan fingerprint density at radius 1 is 1.14 bits per heavy atom. The van der Waals surface area contributed by atoms with E-state index in [2.05, 4.69) is 15.6 Å². The lowest BCUT2D eigenvalue weighted by atomic mass is 10.1. The molecule has 1 aromatic carbocycles. The van der Waals surface area contributed by atoms with Gasteiger partial charge in [-0.25, -0.2) is 4.99 Å². The Balaban J connectivity index is 1.93. The number of hydrogen-bond acceptors (Lipinski definition) is 3. The maximum Gasteiger partial charge on any atom is 0.416 e. The smallest absolute Gasteiger partial charge is 0.416 e. The van der Waals surface area contributed by atoms with Gasteiger partial charge in [-0.05, 0) is 43.2 Å². The molecule has 0 amide bonds. The summed E-state index contributed by atoms with van der Waals surface area (Å²) in [5.41, 5.74) is -0.173. The van der Waals surface area contributed by atoms with E-state index < -0.39 is 11.7 Å².